The Hall–Kier alpha value is -1.43. The van der Waals surface area contributed by atoms with Gasteiger partial charge in [0.25, 0.3) is 0 Å². The molecule has 1 aromatic heterocycles. The number of aromatic nitrogens is 2. The Labute approximate surface area is 157 Å². The van der Waals surface area contributed by atoms with Crippen LogP contribution in [0.1, 0.15) is 70.4 Å². The van der Waals surface area contributed by atoms with Gasteiger partial charge in [-0.15, -0.1) is 0 Å². The Morgan fingerprint density at radius 3 is 2.52 bits per heavy atom. The van der Waals surface area contributed by atoms with E-state index >= 15 is 0 Å². The molecule has 0 aromatic carbocycles. The van der Waals surface area contributed by atoms with Crippen molar-refractivity contribution in [1.29, 1.82) is 0 Å². The van der Waals surface area contributed by atoms with Gasteiger partial charge in [0.15, 0.2) is 5.11 Å². The summed E-state index contributed by atoms with van der Waals surface area (Å²) in [6, 6.07) is 3.09. The third-order valence-electron chi connectivity index (χ3n) is 5.35. The molecule has 1 unspecified atom stereocenters. The molecule has 5 nitrogen and oxygen atoms in total. The van der Waals surface area contributed by atoms with Crippen LogP contribution in [0.4, 0.5) is 11.8 Å². The maximum absolute atomic E-state index is 5.51. The molecule has 1 aliphatic carbocycles. The second kappa shape index (κ2) is 8.79. The van der Waals surface area contributed by atoms with Crippen molar-refractivity contribution in [3.63, 3.8) is 0 Å². The zero-order chi connectivity index (χ0) is 17.6. The van der Waals surface area contributed by atoms with Gasteiger partial charge in [0.1, 0.15) is 5.82 Å². The Morgan fingerprint density at radius 1 is 1.08 bits per heavy atom. The third-order valence-corrected chi connectivity index (χ3v) is 5.57. The number of anilines is 2. The lowest BCUT2D eigenvalue weighted by atomic mass is 10.0. The summed E-state index contributed by atoms with van der Waals surface area (Å²) in [7, 11) is 0. The number of nitrogens with one attached hydrogen (secondary N) is 2. The topological polar surface area (TPSA) is 53.1 Å². The first-order valence-electron chi connectivity index (χ1n) is 9.81. The maximum Gasteiger partial charge on any atom is 0.231 e. The number of rotatable bonds is 3. The van der Waals surface area contributed by atoms with E-state index in [1.165, 1.54) is 57.8 Å². The van der Waals surface area contributed by atoms with Crippen molar-refractivity contribution in [2.24, 2.45) is 0 Å². The summed E-state index contributed by atoms with van der Waals surface area (Å²) in [5, 5.41) is 7.33. The lowest BCUT2D eigenvalue weighted by molar-refractivity contribution is 0.481. The predicted octanol–water partition coefficient (Wildman–Crippen LogP) is 4.17. The fourth-order valence-electron chi connectivity index (χ4n) is 3.94. The molecule has 2 aliphatic rings. The lowest BCUT2D eigenvalue weighted by Gasteiger charge is -2.34. The molecule has 25 heavy (non-hydrogen) atoms. The lowest BCUT2D eigenvalue weighted by Crippen LogP contribution is -2.39. The molecule has 2 N–H and O–H groups in total. The van der Waals surface area contributed by atoms with Gasteiger partial charge < -0.3 is 15.5 Å². The van der Waals surface area contributed by atoms with Gasteiger partial charge in [0.2, 0.25) is 5.95 Å². The third kappa shape index (κ3) is 5.27. The number of hydrogen-bond donors (Lipinski definition) is 2. The molecular formula is C19H31N5S. The van der Waals surface area contributed by atoms with E-state index in [-0.39, 0.29) is 0 Å². The van der Waals surface area contributed by atoms with Crippen LogP contribution in [0.2, 0.25) is 0 Å². The number of aryl methyl sites for hydroxylation is 1. The molecule has 1 saturated heterocycles. The molecule has 1 saturated carbocycles. The molecule has 2 heterocycles. The second-order valence-electron chi connectivity index (χ2n) is 7.52. The number of thiocarbonyl (C=S) groups is 1. The van der Waals surface area contributed by atoms with Crippen LogP contribution in [-0.4, -0.2) is 33.7 Å². The van der Waals surface area contributed by atoms with Gasteiger partial charge in [-0.05, 0) is 58.2 Å². The summed E-state index contributed by atoms with van der Waals surface area (Å²) >= 11 is 5.51. The van der Waals surface area contributed by atoms with Gasteiger partial charge in [-0.2, -0.15) is 4.98 Å². The van der Waals surface area contributed by atoms with Crippen LogP contribution >= 0.6 is 12.2 Å². The molecule has 3 rings (SSSR count). The summed E-state index contributed by atoms with van der Waals surface area (Å²) in [5.41, 5.74) is 0.975. The molecule has 1 aliphatic heterocycles. The Morgan fingerprint density at radius 2 is 1.80 bits per heavy atom. The molecule has 6 heteroatoms. The van der Waals surface area contributed by atoms with E-state index in [9.17, 15) is 0 Å². The van der Waals surface area contributed by atoms with Gasteiger partial charge in [0, 0.05) is 30.4 Å². The molecule has 0 radical (unpaired) electrons. The van der Waals surface area contributed by atoms with Crippen molar-refractivity contribution >= 4 is 29.1 Å². The van der Waals surface area contributed by atoms with E-state index in [2.05, 4.69) is 33.5 Å². The van der Waals surface area contributed by atoms with E-state index in [0.717, 1.165) is 18.1 Å². The van der Waals surface area contributed by atoms with Gasteiger partial charge >= 0.3 is 0 Å². The molecule has 1 atom stereocenters. The molecule has 2 fully saturated rings. The van der Waals surface area contributed by atoms with Crippen LogP contribution in [0.3, 0.4) is 0 Å². The van der Waals surface area contributed by atoms with E-state index in [0.29, 0.717) is 23.1 Å². The van der Waals surface area contributed by atoms with Crippen LogP contribution in [0.5, 0.6) is 0 Å². The maximum atomic E-state index is 5.51. The van der Waals surface area contributed by atoms with Crippen molar-refractivity contribution in [1.82, 2.24) is 15.3 Å². The van der Waals surface area contributed by atoms with Crippen LogP contribution in [0, 0.1) is 6.92 Å². The molecule has 0 bridgehead atoms. The van der Waals surface area contributed by atoms with Crippen molar-refractivity contribution in [2.75, 3.05) is 16.8 Å². The van der Waals surface area contributed by atoms with E-state index in [4.69, 9.17) is 17.2 Å². The van der Waals surface area contributed by atoms with Crippen LogP contribution < -0.4 is 15.5 Å². The fourth-order valence-corrected chi connectivity index (χ4v) is 4.20. The standard InChI is InChI=1S/C19H31N5S/c1-14-13-17(24-12-8-7-9-15(24)2)22-18(20-14)23-19(25)21-16-10-5-3-4-6-11-16/h13,15-16H,3-12H2,1-2H3,(H2,20,21,22,23,25). The monoisotopic (exact) mass is 361 g/mol. The number of nitrogens with zero attached hydrogens (tertiary/aromatic N) is 3. The first kappa shape index (κ1) is 18.4. The Balaban J connectivity index is 1.64. The van der Waals surface area contributed by atoms with Gasteiger partial charge in [-0.25, -0.2) is 4.98 Å². The highest BCUT2D eigenvalue weighted by Gasteiger charge is 2.21. The van der Waals surface area contributed by atoms with Crippen LogP contribution in [0.15, 0.2) is 6.07 Å². The molecule has 138 valence electrons. The first-order chi connectivity index (χ1) is 12.1. The average Bonchev–Trinajstić information content (AvgIpc) is 2.83. The summed E-state index contributed by atoms with van der Waals surface area (Å²) in [6.45, 7) is 5.37. The number of hydrogen-bond acceptors (Lipinski definition) is 4. The SMILES string of the molecule is Cc1cc(N2CCCCC2C)nc(NC(=S)NC2CCCCCC2)n1. The minimum Gasteiger partial charge on any atom is -0.360 e. The minimum atomic E-state index is 0.480. The van der Waals surface area contributed by atoms with Gasteiger partial charge in [0.05, 0.1) is 0 Å². The summed E-state index contributed by atoms with van der Waals surface area (Å²) in [4.78, 5) is 11.7. The van der Waals surface area contributed by atoms with Crippen LogP contribution in [-0.2, 0) is 0 Å². The molecule has 0 amide bonds. The van der Waals surface area contributed by atoms with Crippen LogP contribution in [0.25, 0.3) is 0 Å². The van der Waals surface area contributed by atoms with Crippen molar-refractivity contribution in [2.45, 2.75) is 83.7 Å². The Kier molecular flexibility index (Phi) is 6.45. The summed E-state index contributed by atoms with van der Waals surface area (Å²) in [5.74, 6) is 1.62. The zero-order valence-electron chi connectivity index (χ0n) is 15.6. The van der Waals surface area contributed by atoms with Gasteiger partial charge in [-0.3, -0.25) is 0 Å². The summed E-state index contributed by atoms with van der Waals surface area (Å²) < 4.78 is 0. The van der Waals surface area contributed by atoms with Gasteiger partial charge in [-0.1, -0.05) is 25.7 Å². The smallest absolute Gasteiger partial charge is 0.231 e. The van der Waals surface area contributed by atoms with E-state index < -0.39 is 0 Å². The quantitative estimate of drug-likeness (QED) is 0.622. The molecule has 0 spiro atoms. The van der Waals surface area contributed by atoms with Crippen molar-refractivity contribution in [3.05, 3.63) is 11.8 Å². The normalized spacial score (nSPS) is 22.3. The minimum absolute atomic E-state index is 0.480. The highest BCUT2D eigenvalue weighted by atomic mass is 32.1. The van der Waals surface area contributed by atoms with E-state index in [1.54, 1.807) is 0 Å². The highest BCUT2D eigenvalue weighted by molar-refractivity contribution is 7.80. The zero-order valence-corrected chi connectivity index (χ0v) is 16.4. The molecule has 1 aromatic rings. The predicted molar refractivity (Wildman–Crippen MR) is 108 cm³/mol. The summed E-state index contributed by atoms with van der Waals surface area (Å²) in [6.07, 6.45) is 11.4. The Bertz CT molecular complexity index is 583. The first-order valence-corrected chi connectivity index (χ1v) is 10.2. The highest BCUT2D eigenvalue weighted by Crippen LogP contribution is 2.24. The van der Waals surface area contributed by atoms with Crippen molar-refractivity contribution < 1.29 is 0 Å². The average molecular weight is 362 g/mol. The second-order valence-corrected chi connectivity index (χ2v) is 7.92. The molecular weight excluding hydrogens is 330 g/mol. The fraction of sp³-hybridized carbons (Fsp3) is 0.737. The van der Waals surface area contributed by atoms with Crippen molar-refractivity contribution in [3.8, 4) is 0 Å². The van der Waals surface area contributed by atoms with E-state index in [1.807, 2.05) is 6.92 Å². The number of piperidine rings is 1. The largest absolute Gasteiger partial charge is 0.360 e.